The third-order valence-corrected chi connectivity index (χ3v) is 7.47. The van der Waals surface area contributed by atoms with Crippen molar-refractivity contribution >= 4 is 88.6 Å². The van der Waals surface area contributed by atoms with Crippen molar-refractivity contribution in [3.63, 3.8) is 0 Å². The van der Waals surface area contributed by atoms with Crippen LogP contribution in [-0.4, -0.2) is 7.05 Å². The molecule has 0 radical (unpaired) electrons. The lowest BCUT2D eigenvalue weighted by Gasteiger charge is -2.17. The second kappa shape index (κ2) is 7.45. The van der Waals surface area contributed by atoms with Gasteiger partial charge in [0, 0.05) is 27.2 Å². The Kier molecular flexibility index (Phi) is 5.75. The van der Waals surface area contributed by atoms with Crippen LogP contribution in [-0.2, 0) is 0 Å². The highest BCUT2D eigenvalue weighted by Gasteiger charge is 2.21. The Morgan fingerprint density at radius 2 is 1.61 bits per heavy atom. The Labute approximate surface area is 179 Å². The molecule has 0 N–H and O–H groups in total. The Bertz CT molecular complexity index is 846. The summed E-state index contributed by atoms with van der Waals surface area (Å²) in [6, 6.07) is 16.3. The van der Waals surface area contributed by atoms with E-state index >= 15 is 0 Å². The van der Waals surface area contributed by atoms with E-state index in [9.17, 15) is 0 Å². The number of hydrogen-bond donors (Lipinski definition) is 0. The van der Waals surface area contributed by atoms with Crippen molar-refractivity contribution in [3.8, 4) is 11.3 Å². The first-order valence-electron chi connectivity index (χ1n) is 6.70. The predicted molar refractivity (Wildman–Crippen MR) is 119 cm³/mol. The number of hydrogen-bond acceptors (Lipinski definition) is 2. The maximum atomic E-state index is 6.21. The lowest BCUT2D eigenvalue weighted by atomic mass is 10.2. The molecule has 0 aliphatic carbocycles. The minimum absolute atomic E-state index is 0.853. The fourth-order valence-electron chi connectivity index (χ4n) is 2.18. The topological polar surface area (TPSA) is 16.4 Å². The molecule has 0 spiro atoms. The van der Waals surface area contributed by atoms with Crippen molar-refractivity contribution in [1.82, 2.24) is 0 Å². The van der Waals surface area contributed by atoms with Crippen LogP contribution in [0.3, 0.4) is 0 Å². The summed E-state index contributed by atoms with van der Waals surface area (Å²) in [4.78, 5) is 2.07. The van der Waals surface area contributed by atoms with E-state index in [0.717, 1.165) is 39.0 Å². The first kappa shape index (κ1) is 17.8. The van der Waals surface area contributed by atoms with Crippen LogP contribution in [0, 0.1) is 7.14 Å². The van der Waals surface area contributed by atoms with Gasteiger partial charge in [-0.2, -0.15) is 0 Å². The number of rotatable bonds is 3. The largest absolute Gasteiger partial charge is 0.438 e. The van der Waals surface area contributed by atoms with Crippen molar-refractivity contribution in [2.75, 3.05) is 11.9 Å². The van der Waals surface area contributed by atoms with E-state index in [4.69, 9.17) is 4.42 Å². The molecule has 2 aromatic carbocycles. The summed E-state index contributed by atoms with van der Waals surface area (Å²) in [5.74, 6) is 1.75. The summed E-state index contributed by atoms with van der Waals surface area (Å²) in [7, 11) is 2.02. The second-order valence-electron chi connectivity index (χ2n) is 4.91. The molecule has 2 nitrogen and oxygen atoms in total. The van der Waals surface area contributed by atoms with E-state index in [0.29, 0.717) is 0 Å². The molecule has 0 atom stereocenters. The number of halogens is 4. The number of furan rings is 1. The van der Waals surface area contributed by atoms with Gasteiger partial charge in [-0.15, -0.1) is 0 Å². The molecule has 1 heterocycles. The summed E-state index contributed by atoms with van der Waals surface area (Å²) in [5.41, 5.74) is 2.15. The summed E-state index contributed by atoms with van der Waals surface area (Å²) < 4.78 is 10.6. The highest BCUT2D eigenvalue weighted by Crippen LogP contribution is 2.40. The van der Waals surface area contributed by atoms with Gasteiger partial charge in [0.25, 0.3) is 0 Å². The number of nitrogens with zero attached hydrogens (tertiary/aromatic N) is 1. The van der Waals surface area contributed by atoms with Crippen LogP contribution in [0.2, 0.25) is 0 Å². The Morgan fingerprint density at radius 3 is 2.26 bits per heavy atom. The van der Waals surface area contributed by atoms with Gasteiger partial charge in [-0.3, -0.25) is 0 Å². The molecule has 0 aliphatic heterocycles. The highest BCUT2D eigenvalue weighted by atomic mass is 127. The molecule has 0 saturated carbocycles. The van der Waals surface area contributed by atoms with Crippen LogP contribution in [0.4, 0.5) is 11.6 Å². The average molecular weight is 659 g/mol. The summed E-state index contributed by atoms with van der Waals surface area (Å²) in [5, 5.41) is 0. The quantitative estimate of drug-likeness (QED) is 0.272. The molecule has 3 aromatic rings. The molecule has 118 valence electrons. The van der Waals surface area contributed by atoms with Crippen molar-refractivity contribution in [1.29, 1.82) is 0 Å². The minimum atomic E-state index is 0.853. The minimum Gasteiger partial charge on any atom is -0.438 e. The van der Waals surface area contributed by atoms with Crippen LogP contribution in [0.15, 0.2) is 61.9 Å². The van der Waals surface area contributed by atoms with Crippen LogP contribution in [0.5, 0.6) is 0 Å². The predicted octanol–water partition coefficient (Wildman–Crippen LogP) is 7.45. The van der Waals surface area contributed by atoms with Crippen molar-refractivity contribution in [2.45, 2.75) is 0 Å². The fourth-order valence-corrected chi connectivity index (χ4v) is 4.21. The average Bonchev–Trinajstić information content (AvgIpc) is 2.84. The number of benzene rings is 2. The molecule has 0 aliphatic rings. The summed E-state index contributed by atoms with van der Waals surface area (Å²) >= 11 is 11.7. The zero-order valence-corrected chi connectivity index (χ0v) is 19.5. The molecule has 0 saturated heterocycles. The van der Waals surface area contributed by atoms with Gasteiger partial charge in [-0.25, -0.2) is 0 Å². The smallest absolute Gasteiger partial charge is 0.214 e. The third-order valence-electron chi connectivity index (χ3n) is 3.39. The van der Waals surface area contributed by atoms with Gasteiger partial charge in [-0.05, 0) is 75.5 Å². The fraction of sp³-hybridized carbons (Fsp3) is 0.0588. The Balaban J connectivity index is 2.04. The first-order valence-corrected chi connectivity index (χ1v) is 10.4. The molecule has 3 rings (SSSR count). The van der Waals surface area contributed by atoms with Crippen molar-refractivity contribution in [2.24, 2.45) is 0 Å². The Hall–Kier alpha value is -0.0600. The van der Waals surface area contributed by atoms with Gasteiger partial charge in [0.15, 0.2) is 5.76 Å². The normalized spacial score (nSPS) is 10.8. The SMILES string of the molecule is CN(c1cccc(Br)c1)c1oc(-c2ccc(Br)cc2)c(I)c1I. The van der Waals surface area contributed by atoms with Gasteiger partial charge in [0.1, 0.15) is 0 Å². The van der Waals surface area contributed by atoms with Crippen LogP contribution in [0.25, 0.3) is 11.3 Å². The van der Waals surface area contributed by atoms with Crippen LogP contribution < -0.4 is 4.90 Å². The van der Waals surface area contributed by atoms with E-state index in [1.54, 1.807) is 0 Å². The zero-order chi connectivity index (χ0) is 16.6. The van der Waals surface area contributed by atoms with E-state index in [2.05, 4.69) is 106 Å². The Morgan fingerprint density at radius 1 is 0.913 bits per heavy atom. The van der Waals surface area contributed by atoms with Gasteiger partial charge >= 0.3 is 0 Å². The first-order chi connectivity index (χ1) is 11.0. The molecule has 0 fully saturated rings. The molecule has 0 bridgehead atoms. The van der Waals surface area contributed by atoms with E-state index in [-0.39, 0.29) is 0 Å². The number of anilines is 2. The molecular formula is C17H11Br2I2NO. The van der Waals surface area contributed by atoms with Crippen LogP contribution >= 0.6 is 77.0 Å². The molecule has 0 unspecified atom stereocenters. The maximum absolute atomic E-state index is 6.21. The summed E-state index contributed by atoms with van der Waals surface area (Å²) in [6.45, 7) is 0. The van der Waals surface area contributed by atoms with E-state index < -0.39 is 0 Å². The zero-order valence-electron chi connectivity index (χ0n) is 12.0. The molecule has 23 heavy (non-hydrogen) atoms. The van der Waals surface area contributed by atoms with E-state index in [1.165, 1.54) is 0 Å². The highest BCUT2D eigenvalue weighted by molar-refractivity contribution is 14.1. The van der Waals surface area contributed by atoms with Crippen molar-refractivity contribution in [3.05, 3.63) is 64.6 Å². The van der Waals surface area contributed by atoms with Gasteiger partial charge < -0.3 is 9.32 Å². The van der Waals surface area contributed by atoms with Crippen LogP contribution in [0.1, 0.15) is 0 Å². The third kappa shape index (κ3) is 3.80. The molecule has 0 amide bonds. The monoisotopic (exact) mass is 657 g/mol. The second-order valence-corrected chi connectivity index (χ2v) is 8.90. The summed E-state index contributed by atoms with van der Waals surface area (Å²) in [6.07, 6.45) is 0. The lowest BCUT2D eigenvalue weighted by Crippen LogP contribution is -2.09. The lowest BCUT2D eigenvalue weighted by molar-refractivity contribution is 0.581. The molecule has 6 heteroatoms. The van der Waals surface area contributed by atoms with Crippen molar-refractivity contribution < 1.29 is 4.42 Å². The van der Waals surface area contributed by atoms with Gasteiger partial charge in [0.05, 0.1) is 7.14 Å². The van der Waals surface area contributed by atoms with Gasteiger partial charge in [0.2, 0.25) is 5.88 Å². The molecule has 1 aromatic heterocycles. The van der Waals surface area contributed by atoms with Gasteiger partial charge in [-0.1, -0.05) is 50.1 Å². The maximum Gasteiger partial charge on any atom is 0.214 e. The standard InChI is InChI=1S/C17H11Br2I2NO/c1-22(13-4-2-3-12(19)9-13)17-15(21)14(20)16(23-17)10-5-7-11(18)8-6-10/h2-9H,1H3. The van der Waals surface area contributed by atoms with E-state index in [1.807, 2.05) is 31.3 Å². The molecular weight excluding hydrogens is 648 g/mol.